The number of nitrogens with zero attached hydrogens (tertiary/aromatic N) is 1. The molecule has 0 saturated heterocycles. The summed E-state index contributed by atoms with van der Waals surface area (Å²) >= 11 is 0. The molecule has 0 aromatic carbocycles. The van der Waals surface area contributed by atoms with Gasteiger partial charge in [-0.15, -0.1) is 0 Å². The first kappa shape index (κ1) is 19.4. The molecule has 0 bridgehead atoms. The number of esters is 2. The maximum atomic E-state index is 12.4. The van der Waals surface area contributed by atoms with Crippen LogP contribution < -0.4 is 10.2 Å². The smallest absolute Gasteiger partial charge is 0.359 e. The quantitative estimate of drug-likeness (QED) is 0.721. The molecule has 0 fully saturated rings. The number of pyridine rings is 1. The Kier molecular flexibility index (Phi) is 6.27. The molecule has 0 amide bonds. The molecule has 1 rings (SSSR count). The van der Waals surface area contributed by atoms with Crippen molar-refractivity contribution in [3.8, 4) is 5.75 Å². The first-order valence-electron chi connectivity index (χ1n) is 7.28. The van der Waals surface area contributed by atoms with Crippen molar-refractivity contribution in [1.29, 1.82) is 0 Å². The molecule has 0 aliphatic rings. The minimum absolute atomic E-state index is 0.230. The summed E-state index contributed by atoms with van der Waals surface area (Å²) in [5, 5.41) is 0. The van der Waals surface area contributed by atoms with Crippen molar-refractivity contribution in [2.75, 3.05) is 14.2 Å². The zero-order valence-corrected chi connectivity index (χ0v) is 14.5. The molecule has 0 unspecified atom stereocenters. The molecule has 8 nitrogen and oxygen atoms in total. The molecule has 8 heteroatoms. The summed E-state index contributed by atoms with van der Waals surface area (Å²) in [6.07, 6.45) is 0.665. The summed E-state index contributed by atoms with van der Waals surface area (Å²) in [6, 6.07) is -0.822. The van der Waals surface area contributed by atoms with Gasteiger partial charge in [0.25, 0.3) is 0 Å². The largest absolute Gasteiger partial charge is 0.491 e. The van der Waals surface area contributed by atoms with Crippen LogP contribution in [0.2, 0.25) is 0 Å². The monoisotopic (exact) mass is 339 g/mol. The average Bonchev–Trinajstić information content (AvgIpc) is 2.51. The number of hydrogen-bond acceptors (Lipinski definition) is 7. The fourth-order valence-electron chi connectivity index (χ4n) is 2.02. The van der Waals surface area contributed by atoms with Crippen LogP contribution in [0.3, 0.4) is 0 Å². The predicted octanol–water partition coefficient (Wildman–Crippen LogP) is 1.36. The van der Waals surface area contributed by atoms with E-state index in [2.05, 4.69) is 4.74 Å². The molecule has 0 N–H and O–H groups in total. The Morgan fingerprint density at radius 2 is 1.67 bits per heavy atom. The highest BCUT2D eigenvalue weighted by atomic mass is 16.5. The highest BCUT2D eigenvalue weighted by molar-refractivity contribution is 5.95. The number of rotatable bonds is 6. The highest BCUT2D eigenvalue weighted by Crippen LogP contribution is 2.22. The Hall–Kier alpha value is -2.64. The van der Waals surface area contributed by atoms with Gasteiger partial charge in [0.15, 0.2) is 17.2 Å². The second-order valence-electron chi connectivity index (χ2n) is 5.39. The number of hydrogen-bond donors (Lipinski definition) is 0. The van der Waals surface area contributed by atoms with E-state index in [9.17, 15) is 19.2 Å². The van der Waals surface area contributed by atoms with Crippen molar-refractivity contribution in [3.63, 3.8) is 0 Å². The van der Waals surface area contributed by atoms with Gasteiger partial charge >= 0.3 is 11.9 Å². The molecule has 0 spiro atoms. The lowest BCUT2D eigenvalue weighted by atomic mass is 10.1. The van der Waals surface area contributed by atoms with Crippen LogP contribution in [-0.4, -0.2) is 42.6 Å². The standard InChI is InChI=1S/C16H21NO7/c1-8(2)24-16(21)12-14(22-5)13(19)11(15(20)23-6)7-17(12)9(3)10(4)18/h7-9H,1-6H3/t9-/m0/s1. The maximum Gasteiger partial charge on any atom is 0.359 e. The van der Waals surface area contributed by atoms with E-state index in [1.807, 2.05) is 0 Å². The van der Waals surface area contributed by atoms with E-state index in [1.165, 1.54) is 25.5 Å². The Bertz CT molecular complexity index is 718. The molecule has 24 heavy (non-hydrogen) atoms. The lowest BCUT2D eigenvalue weighted by molar-refractivity contribution is -0.119. The number of methoxy groups -OCH3 is 2. The lowest BCUT2D eigenvalue weighted by Gasteiger charge is -2.21. The van der Waals surface area contributed by atoms with Crippen LogP contribution in [0.25, 0.3) is 0 Å². The Morgan fingerprint density at radius 3 is 2.08 bits per heavy atom. The van der Waals surface area contributed by atoms with E-state index in [0.29, 0.717) is 0 Å². The molecule has 0 aliphatic carbocycles. The van der Waals surface area contributed by atoms with Gasteiger partial charge in [0.2, 0.25) is 5.43 Å². The number of carbonyl (C=O) groups is 3. The van der Waals surface area contributed by atoms with Crippen molar-refractivity contribution in [3.05, 3.63) is 27.7 Å². The van der Waals surface area contributed by atoms with E-state index in [4.69, 9.17) is 9.47 Å². The molecule has 1 aromatic heterocycles. The van der Waals surface area contributed by atoms with Crippen molar-refractivity contribution in [2.45, 2.75) is 39.8 Å². The molecular formula is C16H21NO7. The van der Waals surface area contributed by atoms with Crippen LogP contribution in [0.15, 0.2) is 11.0 Å². The first-order valence-corrected chi connectivity index (χ1v) is 7.28. The number of ketones is 1. The fourth-order valence-corrected chi connectivity index (χ4v) is 2.02. The maximum absolute atomic E-state index is 12.4. The number of Topliss-reactive ketones (excluding diaryl/α,β-unsaturated/α-hetero) is 1. The van der Waals surface area contributed by atoms with E-state index in [-0.39, 0.29) is 22.8 Å². The summed E-state index contributed by atoms with van der Waals surface area (Å²) in [6.45, 7) is 6.14. The Balaban J connectivity index is 3.79. The minimum atomic E-state index is -0.897. The lowest BCUT2D eigenvalue weighted by Crippen LogP contribution is -2.30. The summed E-state index contributed by atoms with van der Waals surface area (Å²) in [4.78, 5) is 48.4. The van der Waals surface area contributed by atoms with E-state index in [1.54, 1.807) is 13.8 Å². The highest BCUT2D eigenvalue weighted by Gasteiger charge is 2.29. The van der Waals surface area contributed by atoms with Gasteiger partial charge in [-0.1, -0.05) is 0 Å². The molecule has 0 radical (unpaired) electrons. The Labute approximate surface area is 139 Å². The van der Waals surface area contributed by atoms with Crippen molar-refractivity contribution < 1.29 is 28.6 Å². The molecule has 132 valence electrons. The van der Waals surface area contributed by atoms with Crippen LogP contribution in [0.1, 0.15) is 54.6 Å². The zero-order valence-electron chi connectivity index (χ0n) is 14.5. The van der Waals surface area contributed by atoms with Gasteiger partial charge in [0.05, 0.1) is 26.4 Å². The normalized spacial score (nSPS) is 11.8. The number of aromatic nitrogens is 1. The van der Waals surface area contributed by atoms with Gasteiger partial charge in [-0.3, -0.25) is 9.59 Å². The van der Waals surface area contributed by atoms with Gasteiger partial charge in [-0.25, -0.2) is 9.59 Å². The third-order valence-electron chi connectivity index (χ3n) is 3.34. The summed E-state index contributed by atoms with van der Waals surface area (Å²) in [5.74, 6) is -2.39. The summed E-state index contributed by atoms with van der Waals surface area (Å²) in [7, 11) is 2.31. The SMILES string of the molecule is COC(=O)c1cn([C@@H](C)C(C)=O)c(C(=O)OC(C)C)c(OC)c1=O. The van der Waals surface area contributed by atoms with E-state index in [0.717, 1.165) is 13.3 Å². The second-order valence-corrected chi connectivity index (χ2v) is 5.39. The first-order chi connectivity index (χ1) is 11.1. The van der Waals surface area contributed by atoms with E-state index >= 15 is 0 Å². The van der Waals surface area contributed by atoms with Crippen molar-refractivity contribution in [1.82, 2.24) is 4.57 Å². The second kappa shape index (κ2) is 7.76. The minimum Gasteiger partial charge on any atom is -0.491 e. The van der Waals surface area contributed by atoms with Crippen molar-refractivity contribution >= 4 is 17.7 Å². The summed E-state index contributed by atoms with van der Waals surface area (Å²) in [5.41, 5.74) is -1.39. The van der Waals surface area contributed by atoms with Crippen molar-refractivity contribution in [2.24, 2.45) is 0 Å². The topological polar surface area (TPSA) is 101 Å². The van der Waals surface area contributed by atoms with Gasteiger partial charge in [-0.05, 0) is 27.7 Å². The van der Waals surface area contributed by atoms with Crippen LogP contribution >= 0.6 is 0 Å². The number of ether oxygens (including phenoxy) is 3. The molecule has 1 heterocycles. The van der Waals surface area contributed by atoms with Crippen LogP contribution in [0, 0.1) is 0 Å². The average molecular weight is 339 g/mol. The molecule has 0 aliphatic heterocycles. The number of carbonyl (C=O) groups excluding carboxylic acids is 3. The third kappa shape index (κ3) is 3.81. The zero-order chi connectivity index (χ0) is 18.6. The van der Waals surface area contributed by atoms with Crippen LogP contribution in [0.4, 0.5) is 0 Å². The van der Waals surface area contributed by atoms with Crippen LogP contribution in [0.5, 0.6) is 5.75 Å². The fraction of sp³-hybridized carbons (Fsp3) is 0.500. The van der Waals surface area contributed by atoms with Gasteiger partial charge in [0, 0.05) is 6.20 Å². The molecular weight excluding hydrogens is 318 g/mol. The molecule has 1 atom stereocenters. The summed E-state index contributed by atoms with van der Waals surface area (Å²) < 4.78 is 15.9. The van der Waals surface area contributed by atoms with Gasteiger partial charge in [-0.2, -0.15) is 0 Å². The molecule has 1 aromatic rings. The molecule has 0 saturated carbocycles. The van der Waals surface area contributed by atoms with Gasteiger partial charge in [0.1, 0.15) is 5.56 Å². The van der Waals surface area contributed by atoms with Gasteiger partial charge < -0.3 is 18.8 Å². The van der Waals surface area contributed by atoms with Crippen LogP contribution in [-0.2, 0) is 14.3 Å². The Morgan fingerprint density at radius 1 is 1.08 bits per heavy atom. The van der Waals surface area contributed by atoms with E-state index < -0.39 is 29.5 Å². The predicted molar refractivity (Wildman–Crippen MR) is 84.5 cm³/mol. The third-order valence-corrected chi connectivity index (χ3v) is 3.34.